The van der Waals surface area contributed by atoms with E-state index in [0.717, 1.165) is 0 Å². The largest absolute Gasteiger partial charge is 0.294 e. The number of halogens is 1. The summed E-state index contributed by atoms with van der Waals surface area (Å²) in [6.45, 7) is 3.93. The van der Waals surface area contributed by atoms with Crippen LogP contribution in [0, 0.1) is 5.82 Å². The number of hydrogen-bond donors (Lipinski definition) is 0. The van der Waals surface area contributed by atoms with Crippen molar-refractivity contribution in [2.24, 2.45) is 0 Å². The Labute approximate surface area is 126 Å². The summed E-state index contributed by atoms with van der Waals surface area (Å²) in [5, 5.41) is 0. The molecular weight excluding hydrogens is 293 g/mol. The van der Waals surface area contributed by atoms with Gasteiger partial charge in [-0.15, -0.1) is 0 Å². The van der Waals surface area contributed by atoms with Crippen LogP contribution in [0.15, 0.2) is 24.3 Å². The molecule has 0 N–H and O–H groups in total. The van der Waals surface area contributed by atoms with Crippen molar-refractivity contribution in [2.45, 2.75) is 19.5 Å². The van der Waals surface area contributed by atoms with Crippen LogP contribution >= 0.6 is 0 Å². The molecule has 1 aliphatic heterocycles. The van der Waals surface area contributed by atoms with E-state index in [9.17, 15) is 12.8 Å². The van der Waals surface area contributed by atoms with E-state index in [0.29, 0.717) is 31.7 Å². The summed E-state index contributed by atoms with van der Waals surface area (Å²) in [6, 6.07) is 6.75. The third-order valence-corrected chi connectivity index (χ3v) is 5.75. The van der Waals surface area contributed by atoms with Gasteiger partial charge in [0.15, 0.2) is 0 Å². The Morgan fingerprint density at radius 1 is 1.29 bits per heavy atom. The molecule has 0 bridgehead atoms. The molecule has 118 valence electrons. The second-order valence-electron chi connectivity index (χ2n) is 5.56. The van der Waals surface area contributed by atoms with Gasteiger partial charge in [-0.2, -0.15) is 17.0 Å². The summed E-state index contributed by atoms with van der Waals surface area (Å²) < 4.78 is 40.7. The van der Waals surface area contributed by atoms with Crippen molar-refractivity contribution < 1.29 is 12.8 Å². The minimum absolute atomic E-state index is 0.0491. The molecule has 0 unspecified atom stereocenters. The molecule has 1 aromatic carbocycles. The second-order valence-corrected chi connectivity index (χ2v) is 7.70. The van der Waals surface area contributed by atoms with Crippen molar-refractivity contribution in [1.82, 2.24) is 13.5 Å². The highest BCUT2D eigenvalue weighted by Crippen LogP contribution is 2.18. The molecule has 0 aliphatic carbocycles. The molecule has 1 aliphatic rings. The monoisotopic (exact) mass is 315 g/mol. The van der Waals surface area contributed by atoms with E-state index < -0.39 is 10.2 Å². The van der Waals surface area contributed by atoms with Gasteiger partial charge in [-0.3, -0.25) is 4.90 Å². The predicted octanol–water partition coefficient (Wildman–Crippen LogP) is 1.14. The Kier molecular flexibility index (Phi) is 4.98. The van der Waals surface area contributed by atoms with Crippen LogP contribution in [0.5, 0.6) is 0 Å². The summed E-state index contributed by atoms with van der Waals surface area (Å²) >= 11 is 0. The Bertz CT molecular complexity index is 592. The molecule has 1 heterocycles. The molecule has 0 aromatic heterocycles. The van der Waals surface area contributed by atoms with E-state index in [4.69, 9.17) is 0 Å². The highest BCUT2D eigenvalue weighted by atomic mass is 32.2. The van der Waals surface area contributed by atoms with Gasteiger partial charge in [-0.1, -0.05) is 18.2 Å². The molecule has 1 fully saturated rings. The molecule has 1 atom stereocenters. The molecule has 0 saturated carbocycles. The Hall–Kier alpha value is -1.02. The second kappa shape index (κ2) is 6.39. The quantitative estimate of drug-likeness (QED) is 0.837. The maximum Gasteiger partial charge on any atom is 0.281 e. The highest BCUT2D eigenvalue weighted by molar-refractivity contribution is 7.86. The van der Waals surface area contributed by atoms with E-state index in [-0.39, 0.29) is 11.9 Å². The van der Waals surface area contributed by atoms with E-state index >= 15 is 0 Å². The lowest BCUT2D eigenvalue weighted by atomic mass is 10.1. The van der Waals surface area contributed by atoms with Gasteiger partial charge < -0.3 is 0 Å². The topological polar surface area (TPSA) is 43.9 Å². The first-order valence-electron chi connectivity index (χ1n) is 6.97. The molecular formula is C14H22FN3O2S. The van der Waals surface area contributed by atoms with E-state index in [1.54, 1.807) is 12.1 Å². The standard InChI is InChI=1S/C14H22FN3O2S/c1-12-10-18(21(19,20)16(2)3)9-8-17(12)11-13-6-4-5-7-14(13)15/h4-7,12H,8-11H2,1-3H3/t12-/m0/s1. The molecule has 7 heteroatoms. The predicted molar refractivity (Wildman–Crippen MR) is 80.5 cm³/mol. The van der Waals surface area contributed by atoms with Gasteiger partial charge in [0.05, 0.1) is 0 Å². The van der Waals surface area contributed by atoms with Gasteiger partial charge in [0.25, 0.3) is 10.2 Å². The maximum atomic E-state index is 13.7. The molecule has 0 spiro atoms. The van der Waals surface area contributed by atoms with Crippen LogP contribution in [0.25, 0.3) is 0 Å². The van der Waals surface area contributed by atoms with Crippen LogP contribution in [-0.4, -0.2) is 61.7 Å². The summed E-state index contributed by atoms with van der Waals surface area (Å²) in [5.74, 6) is -0.215. The third kappa shape index (κ3) is 3.60. The van der Waals surface area contributed by atoms with Gasteiger partial charge in [0.2, 0.25) is 0 Å². The first-order chi connectivity index (χ1) is 9.82. The number of piperazine rings is 1. The maximum absolute atomic E-state index is 13.7. The first-order valence-corrected chi connectivity index (χ1v) is 8.37. The van der Waals surface area contributed by atoms with Crippen molar-refractivity contribution in [2.75, 3.05) is 33.7 Å². The van der Waals surface area contributed by atoms with Crippen LogP contribution in [0.4, 0.5) is 4.39 Å². The lowest BCUT2D eigenvalue weighted by Gasteiger charge is -2.39. The van der Waals surface area contributed by atoms with E-state index in [1.807, 2.05) is 13.0 Å². The van der Waals surface area contributed by atoms with Gasteiger partial charge in [0.1, 0.15) is 5.82 Å². The van der Waals surface area contributed by atoms with Crippen molar-refractivity contribution in [3.63, 3.8) is 0 Å². The zero-order valence-corrected chi connectivity index (χ0v) is 13.5. The molecule has 1 saturated heterocycles. The lowest BCUT2D eigenvalue weighted by Crippen LogP contribution is -2.55. The van der Waals surface area contributed by atoms with Gasteiger partial charge in [-0.25, -0.2) is 4.39 Å². The van der Waals surface area contributed by atoms with Gasteiger partial charge >= 0.3 is 0 Å². The number of rotatable bonds is 4. The van der Waals surface area contributed by atoms with Crippen LogP contribution in [0.1, 0.15) is 12.5 Å². The lowest BCUT2D eigenvalue weighted by molar-refractivity contribution is 0.118. The zero-order chi connectivity index (χ0) is 15.6. The minimum atomic E-state index is -3.37. The average molecular weight is 315 g/mol. The molecule has 0 amide bonds. The Balaban J connectivity index is 2.04. The van der Waals surface area contributed by atoms with Crippen LogP contribution in [-0.2, 0) is 16.8 Å². The van der Waals surface area contributed by atoms with Crippen LogP contribution in [0.3, 0.4) is 0 Å². The molecule has 5 nitrogen and oxygen atoms in total. The van der Waals surface area contributed by atoms with Gasteiger partial charge in [-0.05, 0) is 13.0 Å². The van der Waals surface area contributed by atoms with Crippen molar-refractivity contribution >= 4 is 10.2 Å². The first kappa shape index (κ1) is 16.4. The molecule has 1 aromatic rings. The Morgan fingerprint density at radius 3 is 2.52 bits per heavy atom. The van der Waals surface area contributed by atoms with Crippen molar-refractivity contribution in [3.8, 4) is 0 Å². The summed E-state index contributed by atoms with van der Waals surface area (Å²) in [7, 11) is -0.304. The molecule has 21 heavy (non-hydrogen) atoms. The number of nitrogens with zero attached hydrogens (tertiary/aromatic N) is 3. The summed E-state index contributed by atoms with van der Waals surface area (Å²) in [4.78, 5) is 2.11. The highest BCUT2D eigenvalue weighted by Gasteiger charge is 2.32. The fraction of sp³-hybridized carbons (Fsp3) is 0.571. The van der Waals surface area contributed by atoms with Crippen molar-refractivity contribution in [3.05, 3.63) is 35.6 Å². The smallest absolute Gasteiger partial charge is 0.281 e. The number of benzene rings is 1. The average Bonchev–Trinajstić information content (AvgIpc) is 2.43. The van der Waals surface area contributed by atoms with E-state index in [2.05, 4.69) is 4.90 Å². The molecule has 2 rings (SSSR count). The summed E-state index contributed by atoms with van der Waals surface area (Å²) in [5.41, 5.74) is 0.647. The van der Waals surface area contributed by atoms with E-state index in [1.165, 1.54) is 28.8 Å². The fourth-order valence-electron chi connectivity index (χ4n) is 2.48. The summed E-state index contributed by atoms with van der Waals surface area (Å²) in [6.07, 6.45) is 0. The fourth-order valence-corrected chi connectivity index (χ4v) is 3.66. The van der Waals surface area contributed by atoms with Crippen LogP contribution < -0.4 is 0 Å². The van der Waals surface area contributed by atoms with Crippen LogP contribution in [0.2, 0.25) is 0 Å². The van der Waals surface area contributed by atoms with Crippen molar-refractivity contribution in [1.29, 1.82) is 0 Å². The minimum Gasteiger partial charge on any atom is -0.294 e. The molecule has 0 radical (unpaired) electrons. The zero-order valence-electron chi connectivity index (χ0n) is 12.7. The third-order valence-electron chi connectivity index (χ3n) is 3.85. The normalized spacial score (nSPS) is 21.9. The number of hydrogen-bond acceptors (Lipinski definition) is 3. The SMILES string of the molecule is C[C@H]1CN(S(=O)(=O)N(C)C)CCN1Cc1ccccc1F. The van der Waals surface area contributed by atoms with Gasteiger partial charge in [0, 0.05) is 51.9 Å². The Morgan fingerprint density at radius 2 is 1.95 bits per heavy atom.